The summed E-state index contributed by atoms with van der Waals surface area (Å²) < 4.78 is 6.16. The summed E-state index contributed by atoms with van der Waals surface area (Å²) in [4.78, 5) is 2.20. The van der Waals surface area contributed by atoms with Crippen LogP contribution in [0.1, 0.15) is 17.3 Å². The second-order valence-electron chi connectivity index (χ2n) is 9.80. The number of furan rings is 1. The van der Waals surface area contributed by atoms with Gasteiger partial charge in [0.1, 0.15) is 17.3 Å². The van der Waals surface area contributed by atoms with Crippen molar-refractivity contribution in [2.45, 2.75) is 12.6 Å². The molecule has 0 fully saturated rings. The molecule has 39 heavy (non-hydrogen) atoms. The number of anilines is 2. The third-order valence-electron chi connectivity index (χ3n) is 7.38. The van der Waals surface area contributed by atoms with Gasteiger partial charge < -0.3 is 14.6 Å². The topological polar surface area (TPSA) is 28.4 Å². The van der Waals surface area contributed by atoms with Gasteiger partial charge in [-0.05, 0) is 70.8 Å². The van der Waals surface area contributed by atoms with Crippen LogP contribution in [0, 0.1) is 12.3 Å². The van der Waals surface area contributed by atoms with Crippen molar-refractivity contribution < 1.29 is 4.42 Å². The van der Waals surface area contributed by atoms with Crippen LogP contribution in [0.2, 0.25) is 0 Å². The summed E-state index contributed by atoms with van der Waals surface area (Å²) in [6.07, 6.45) is 13.0. The zero-order valence-corrected chi connectivity index (χ0v) is 21.3. The minimum absolute atomic E-state index is 0.0628. The van der Waals surface area contributed by atoms with Crippen LogP contribution in [0.15, 0.2) is 138 Å². The van der Waals surface area contributed by atoms with Crippen LogP contribution in [0.25, 0.3) is 32.7 Å². The predicted molar refractivity (Wildman–Crippen MR) is 163 cm³/mol. The minimum Gasteiger partial charge on any atom is -0.456 e. The number of nitrogens with one attached hydrogen (secondary N) is 1. The van der Waals surface area contributed by atoms with Gasteiger partial charge in [0.2, 0.25) is 0 Å². The van der Waals surface area contributed by atoms with Gasteiger partial charge >= 0.3 is 0 Å². The molecule has 186 valence electrons. The molecule has 0 radical (unpaired) electrons. The number of para-hydroxylation sites is 2. The Morgan fingerprint density at radius 1 is 0.821 bits per heavy atom. The summed E-state index contributed by atoms with van der Waals surface area (Å²) in [5.74, 6) is 2.92. The summed E-state index contributed by atoms with van der Waals surface area (Å²) in [5.41, 5.74) is 7.17. The summed E-state index contributed by atoms with van der Waals surface area (Å²) in [5, 5.41) is 8.33. The molecule has 0 bridgehead atoms. The highest BCUT2D eigenvalue weighted by molar-refractivity contribution is 6.10. The van der Waals surface area contributed by atoms with Crippen LogP contribution in [0.3, 0.4) is 0 Å². The van der Waals surface area contributed by atoms with Gasteiger partial charge in [0.15, 0.2) is 0 Å². The third kappa shape index (κ3) is 4.13. The summed E-state index contributed by atoms with van der Waals surface area (Å²) >= 11 is 0. The molecule has 3 nitrogen and oxygen atoms in total. The molecular weight excluding hydrogens is 476 g/mol. The quantitative estimate of drug-likeness (QED) is 0.188. The lowest BCUT2D eigenvalue weighted by Crippen LogP contribution is -2.26. The van der Waals surface area contributed by atoms with Crippen molar-refractivity contribution in [2.24, 2.45) is 0 Å². The van der Waals surface area contributed by atoms with Crippen LogP contribution in [-0.4, -0.2) is 0 Å². The van der Waals surface area contributed by atoms with Gasteiger partial charge in [0.05, 0.1) is 17.1 Å². The maximum Gasteiger partial charge on any atom is 0.136 e. The van der Waals surface area contributed by atoms with Crippen molar-refractivity contribution in [3.8, 4) is 12.3 Å². The minimum atomic E-state index is -0.0628. The highest BCUT2D eigenvalue weighted by atomic mass is 16.3. The second-order valence-corrected chi connectivity index (χ2v) is 9.80. The first-order chi connectivity index (χ1) is 19.3. The van der Waals surface area contributed by atoms with Gasteiger partial charge in [-0.25, -0.2) is 0 Å². The summed E-state index contributed by atoms with van der Waals surface area (Å²) in [6.45, 7) is 0. The fourth-order valence-corrected chi connectivity index (χ4v) is 5.49. The second kappa shape index (κ2) is 9.59. The molecule has 7 rings (SSSR count). The van der Waals surface area contributed by atoms with Crippen molar-refractivity contribution in [3.05, 3.63) is 144 Å². The first-order valence-corrected chi connectivity index (χ1v) is 13.2. The van der Waals surface area contributed by atoms with E-state index >= 15 is 0 Å². The highest BCUT2D eigenvalue weighted by Gasteiger charge is 2.31. The smallest absolute Gasteiger partial charge is 0.136 e. The third-order valence-corrected chi connectivity index (χ3v) is 7.38. The van der Waals surface area contributed by atoms with E-state index in [1.54, 1.807) is 0 Å². The molecule has 1 aliphatic rings. The van der Waals surface area contributed by atoms with E-state index in [0.29, 0.717) is 0 Å². The van der Waals surface area contributed by atoms with Crippen LogP contribution < -0.4 is 10.2 Å². The number of nitrogens with zero attached hydrogens (tertiary/aromatic N) is 1. The van der Waals surface area contributed by atoms with E-state index in [0.717, 1.165) is 51.0 Å². The molecule has 1 aromatic heterocycles. The molecule has 1 unspecified atom stereocenters. The number of hydrogen-bond donors (Lipinski definition) is 1. The maximum atomic E-state index is 6.16. The van der Waals surface area contributed by atoms with E-state index in [-0.39, 0.29) is 6.17 Å². The first kappa shape index (κ1) is 23.0. The van der Waals surface area contributed by atoms with E-state index in [1.165, 1.54) is 16.3 Å². The Labute approximate surface area is 227 Å². The zero-order valence-electron chi connectivity index (χ0n) is 21.3. The lowest BCUT2D eigenvalue weighted by atomic mass is 10.0. The van der Waals surface area contributed by atoms with E-state index in [2.05, 4.69) is 119 Å². The van der Waals surface area contributed by atoms with Crippen LogP contribution in [0.4, 0.5) is 11.4 Å². The number of hydrogen-bond acceptors (Lipinski definition) is 3. The Kier molecular flexibility index (Phi) is 5.65. The SMILES string of the molecule is C#C/C(=C\C=C/Cc1ccc2oc3cc4ccccc4cc3c2c1)N1c2ccccc2NC1c1ccccc1. The molecular formula is C36H26N2O. The number of allylic oxidation sites excluding steroid dienone is 4. The molecule has 3 heteroatoms. The Balaban J connectivity index is 1.17. The molecule has 1 aliphatic heterocycles. The zero-order chi connectivity index (χ0) is 26.2. The van der Waals surface area contributed by atoms with Gasteiger partial charge in [0.25, 0.3) is 0 Å². The Bertz CT molecular complexity index is 1940. The average Bonchev–Trinajstić information content (AvgIpc) is 3.54. The van der Waals surface area contributed by atoms with Crippen molar-refractivity contribution in [1.29, 1.82) is 0 Å². The molecule has 0 saturated heterocycles. The van der Waals surface area contributed by atoms with E-state index in [1.807, 2.05) is 24.3 Å². The van der Waals surface area contributed by atoms with E-state index in [4.69, 9.17) is 10.8 Å². The number of rotatable bonds is 5. The van der Waals surface area contributed by atoms with Gasteiger partial charge in [-0.15, -0.1) is 6.42 Å². The van der Waals surface area contributed by atoms with E-state index < -0.39 is 0 Å². The predicted octanol–water partition coefficient (Wildman–Crippen LogP) is 8.99. The Morgan fingerprint density at radius 3 is 2.41 bits per heavy atom. The molecule has 0 aliphatic carbocycles. The molecule has 5 aromatic carbocycles. The maximum absolute atomic E-state index is 6.16. The molecule has 0 amide bonds. The van der Waals surface area contributed by atoms with Crippen LogP contribution in [0.5, 0.6) is 0 Å². The summed E-state index contributed by atoms with van der Waals surface area (Å²) in [6, 6.07) is 37.9. The van der Waals surface area contributed by atoms with Gasteiger partial charge in [0, 0.05) is 10.8 Å². The molecule has 6 aromatic rings. The molecule has 1 atom stereocenters. The first-order valence-electron chi connectivity index (χ1n) is 13.2. The van der Waals surface area contributed by atoms with Crippen molar-refractivity contribution in [1.82, 2.24) is 0 Å². The standard InChI is InChI=1S/C36H26N2O/c1-2-29(38-33-19-11-10-18-32(33)37-36(38)26-13-4-3-5-14-26)17-9-6-12-25-20-21-34-30(22-25)31-23-27-15-7-8-16-28(27)24-35(31)39-34/h1,3-11,13-24,36-37H,12H2/b9-6-,29-17+. The molecule has 0 saturated carbocycles. The molecule has 2 heterocycles. The van der Waals surface area contributed by atoms with Crippen molar-refractivity contribution in [3.63, 3.8) is 0 Å². The Morgan fingerprint density at radius 2 is 1.56 bits per heavy atom. The van der Waals surface area contributed by atoms with Crippen molar-refractivity contribution in [2.75, 3.05) is 10.2 Å². The number of benzene rings is 5. The fraction of sp³-hybridized carbons (Fsp3) is 0.0556. The lowest BCUT2D eigenvalue weighted by Gasteiger charge is -2.27. The summed E-state index contributed by atoms with van der Waals surface area (Å²) in [7, 11) is 0. The van der Waals surface area contributed by atoms with Gasteiger partial charge in [-0.2, -0.15) is 0 Å². The van der Waals surface area contributed by atoms with Crippen LogP contribution >= 0.6 is 0 Å². The van der Waals surface area contributed by atoms with Gasteiger partial charge in [-0.1, -0.05) is 90.9 Å². The van der Waals surface area contributed by atoms with E-state index in [9.17, 15) is 0 Å². The number of fused-ring (bicyclic) bond motifs is 5. The number of terminal acetylenes is 1. The Hall–Kier alpha value is -5.20. The molecule has 0 spiro atoms. The molecule has 1 N–H and O–H groups in total. The largest absolute Gasteiger partial charge is 0.456 e. The van der Waals surface area contributed by atoms with Gasteiger partial charge in [-0.3, -0.25) is 0 Å². The van der Waals surface area contributed by atoms with Crippen LogP contribution in [-0.2, 0) is 6.42 Å². The monoisotopic (exact) mass is 502 g/mol. The lowest BCUT2D eigenvalue weighted by molar-refractivity contribution is 0.669. The fourth-order valence-electron chi connectivity index (χ4n) is 5.49. The average molecular weight is 503 g/mol. The highest BCUT2D eigenvalue weighted by Crippen LogP contribution is 2.43. The normalized spacial score (nSPS) is 15.2. The van der Waals surface area contributed by atoms with Crippen molar-refractivity contribution >= 4 is 44.1 Å².